The second kappa shape index (κ2) is 51.8. The number of hydrogen-bond acceptors (Lipinski definition) is 2. The van der Waals surface area contributed by atoms with Crippen molar-refractivity contribution in [1.82, 2.24) is 0 Å². The molecule has 176 valence electrons. The molecule has 0 rings (SSSR count). The van der Waals surface area contributed by atoms with Gasteiger partial charge in [0.2, 0.25) is 0 Å². The molecule has 0 unspecified atom stereocenters. The summed E-state index contributed by atoms with van der Waals surface area (Å²) in [5.41, 5.74) is 0. The fourth-order valence-corrected chi connectivity index (χ4v) is 3.23. The van der Waals surface area contributed by atoms with Gasteiger partial charge in [0.05, 0.1) is 0 Å². The SMILES string of the molecule is CCCCCCCCCCC[S-].CCCCCCCCCCC[S-].[CH2]C.[CH2]C.[Sn+2]. The van der Waals surface area contributed by atoms with Crippen LogP contribution in [0.1, 0.15) is 143 Å². The van der Waals surface area contributed by atoms with E-state index in [0.29, 0.717) is 0 Å². The predicted molar refractivity (Wildman–Crippen MR) is 147 cm³/mol. The summed E-state index contributed by atoms with van der Waals surface area (Å²) < 4.78 is 0. The van der Waals surface area contributed by atoms with Crippen LogP contribution in [0.25, 0.3) is 0 Å². The van der Waals surface area contributed by atoms with E-state index in [1.807, 2.05) is 0 Å². The Labute approximate surface area is 216 Å². The molecule has 0 aliphatic rings. The standard InChI is InChI=1S/2C11H24S.2C2H5.Sn/c2*1-2-3-4-5-6-7-8-9-10-11-12;2*1-2;/h2*12H,2-11H2,1H3;2*1H2,2H3;/q;;;;+2/p-2. The Kier molecular flexibility index (Phi) is 73.0. The monoisotopic (exact) mass is 552 g/mol. The maximum absolute atomic E-state index is 4.89. The average molecular weight is 552 g/mol. The topological polar surface area (TPSA) is 0 Å². The normalized spacial score (nSPS) is 9.10. The van der Waals surface area contributed by atoms with Crippen molar-refractivity contribution in [3.63, 3.8) is 0 Å². The van der Waals surface area contributed by atoms with Crippen LogP contribution in [0.3, 0.4) is 0 Å². The maximum atomic E-state index is 4.89. The summed E-state index contributed by atoms with van der Waals surface area (Å²) in [5, 5.41) is 0. The van der Waals surface area contributed by atoms with E-state index in [1.54, 1.807) is 13.8 Å². The second-order valence-electron chi connectivity index (χ2n) is 7.07. The molecule has 0 bridgehead atoms. The van der Waals surface area contributed by atoms with E-state index in [-0.39, 0.29) is 23.9 Å². The van der Waals surface area contributed by atoms with Gasteiger partial charge in [0, 0.05) is 0 Å². The molecule has 0 saturated heterocycles. The van der Waals surface area contributed by atoms with Crippen LogP contribution < -0.4 is 0 Å². The molecule has 0 aromatic rings. The minimum absolute atomic E-state index is 0. The molecule has 0 aliphatic heterocycles. The predicted octanol–water partition coefficient (Wildman–Crippen LogP) is 9.43. The van der Waals surface area contributed by atoms with Crippen LogP contribution in [0.4, 0.5) is 0 Å². The van der Waals surface area contributed by atoms with Crippen LogP contribution in [0.5, 0.6) is 0 Å². The molecule has 0 saturated carbocycles. The molecule has 0 aromatic carbocycles. The van der Waals surface area contributed by atoms with Gasteiger partial charge in [-0.3, -0.25) is 0 Å². The van der Waals surface area contributed by atoms with Gasteiger partial charge in [0.1, 0.15) is 0 Å². The quantitative estimate of drug-likeness (QED) is 0.0946. The molecule has 29 heavy (non-hydrogen) atoms. The first kappa shape index (κ1) is 40.8. The van der Waals surface area contributed by atoms with E-state index in [4.69, 9.17) is 25.3 Å². The molecular formula is C26H56S2Sn. The Balaban J connectivity index is -0.000000109. The summed E-state index contributed by atoms with van der Waals surface area (Å²) in [4.78, 5) is 0. The summed E-state index contributed by atoms with van der Waals surface area (Å²) in [5.74, 6) is 1.91. The third kappa shape index (κ3) is 58.7. The largest absolute Gasteiger partial charge is 2.00 e. The van der Waals surface area contributed by atoms with Crippen molar-refractivity contribution in [1.29, 1.82) is 0 Å². The van der Waals surface area contributed by atoms with Gasteiger partial charge < -0.3 is 25.3 Å². The molecule has 0 aliphatic carbocycles. The van der Waals surface area contributed by atoms with Crippen molar-refractivity contribution in [2.75, 3.05) is 11.5 Å². The zero-order valence-corrected chi connectivity index (χ0v) is 25.4. The van der Waals surface area contributed by atoms with Crippen molar-refractivity contribution >= 4 is 49.2 Å². The van der Waals surface area contributed by atoms with E-state index in [1.165, 1.54) is 116 Å². The second-order valence-corrected chi connectivity index (χ2v) is 7.88. The summed E-state index contributed by atoms with van der Waals surface area (Å²) in [6.45, 7) is 14.5. The van der Waals surface area contributed by atoms with Gasteiger partial charge in [-0.15, -0.1) is 0 Å². The van der Waals surface area contributed by atoms with Crippen LogP contribution in [0.15, 0.2) is 0 Å². The zero-order chi connectivity index (χ0) is 22.1. The molecule has 0 atom stereocenters. The Morgan fingerprint density at radius 2 is 0.552 bits per heavy atom. The van der Waals surface area contributed by atoms with Gasteiger partial charge in [-0.05, 0) is 0 Å². The summed E-state index contributed by atoms with van der Waals surface area (Å²) in [7, 11) is 0. The minimum Gasteiger partial charge on any atom is -0.793 e. The number of rotatable bonds is 18. The first-order valence-corrected chi connectivity index (χ1v) is 13.6. The molecule has 0 nitrogen and oxygen atoms in total. The van der Waals surface area contributed by atoms with Crippen LogP contribution in [-0.4, -0.2) is 35.4 Å². The third-order valence-electron chi connectivity index (χ3n) is 4.50. The smallest absolute Gasteiger partial charge is 0.793 e. The molecule has 0 N–H and O–H groups in total. The van der Waals surface area contributed by atoms with E-state index < -0.39 is 0 Å². The fraction of sp³-hybridized carbons (Fsp3) is 0.923. The van der Waals surface area contributed by atoms with Gasteiger partial charge in [-0.25, -0.2) is 0 Å². The van der Waals surface area contributed by atoms with Crippen molar-refractivity contribution in [2.45, 2.75) is 143 Å². The van der Waals surface area contributed by atoms with E-state index in [0.717, 1.165) is 11.5 Å². The minimum atomic E-state index is 0. The number of hydrogen-bond donors (Lipinski definition) is 0. The van der Waals surface area contributed by atoms with Gasteiger partial charge >= 0.3 is 23.9 Å². The molecule has 0 amide bonds. The molecule has 0 spiro atoms. The van der Waals surface area contributed by atoms with E-state index >= 15 is 0 Å². The van der Waals surface area contributed by atoms with Gasteiger partial charge in [-0.2, -0.15) is 11.5 Å². The van der Waals surface area contributed by atoms with E-state index in [9.17, 15) is 0 Å². The fourth-order valence-electron chi connectivity index (χ4n) is 2.83. The van der Waals surface area contributed by atoms with Crippen molar-refractivity contribution in [3.8, 4) is 0 Å². The Bertz CT molecular complexity index is 150. The Hall–Kier alpha value is 1.50. The number of unbranched alkanes of at least 4 members (excludes halogenated alkanes) is 16. The van der Waals surface area contributed by atoms with Gasteiger partial charge in [-0.1, -0.05) is 157 Å². The van der Waals surface area contributed by atoms with Crippen molar-refractivity contribution in [2.24, 2.45) is 0 Å². The summed E-state index contributed by atoms with van der Waals surface area (Å²) >= 11 is 9.77. The Morgan fingerprint density at radius 3 is 0.724 bits per heavy atom. The van der Waals surface area contributed by atoms with Crippen LogP contribution in [0.2, 0.25) is 0 Å². The van der Waals surface area contributed by atoms with Crippen LogP contribution >= 0.6 is 0 Å². The summed E-state index contributed by atoms with van der Waals surface area (Å²) in [6, 6.07) is 0. The third-order valence-corrected chi connectivity index (χ3v) is 5.07. The molecule has 4 radical (unpaired) electrons. The zero-order valence-electron chi connectivity index (χ0n) is 20.9. The van der Waals surface area contributed by atoms with Crippen LogP contribution in [0, 0.1) is 13.8 Å². The molecule has 3 heteroatoms. The first-order valence-electron chi connectivity index (χ1n) is 12.4. The summed E-state index contributed by atoms with van der Waals surface area (Å²) in [6.07, 6.45) is 25.1. The molecule has 0 aromatic heterocycles. The molecular weight excluding hydrogens is 495 g/mol. The first-order chi connectivity index (χ1) is 13.8. The average Bonchev–Trinajstić information content (AvgIpc) is 2.75. The molecule has 0 heterocycles. The van der Waals surface area contributed by atoms with Gasteiger partial charge in [0.25, 0.3) is 0 Å². The Morgan fingerprint density at radius 1 is 0.379 bits per heavy atom. The van der Waals surface area contributed by atoms with Gasteiger partial charge in [0.15, 0.2) is 0 Å². The molecule has 0 fully saturated rings. The van der Waals surface area contributed by atoms with E-state index in [2.05, 4.69) is 27.7 Å². The maximum Gasteiger partial charge on any atom is 2.00 e. The van der Waals surface area contributed by atoms with Crippen LogP contribution in [-0.2, 0) is 25.3 Å². The van der Waals surface area contributed by atoms with Crippen molar-refractivity contribution < 1.29 is 0 Å². The van der Waals surface area contributed by atoms with Crippen molar-refractivity contribution in [3.05, 3.63) is 13.8 Å².